The van der Waals surface area contributed by atoms with Crippen molar-refractivity contribution >= 4 is 6.03 Å². The zero-order valence-corrected chi connectivity index (χ0v) is 12.6. The van der Waals surface area contributed by atoms with E-state index in [0.29, 0.717) is 24.4 Å². The highest BCUT2D eigenvalue weighted by atomic mass is 16.3. The first-order chi connectivity index (χ1) is 9.49. The third kappa shape index (κ3) is 3.64. The van der Waals surface area contributed by atoms with Gasteiger partial charge in [-0.2, -0.15) is 0 Å². The number of hydrogen-bond donors (Lipinski definition) is 3. The molecular weight excluding hydrogens is 256 g/mol. The fraction of sp³-hybridized carbons (Fsp3) is 0.933. The highest BCUT2D eigenvalue weighted by Crippen LogP contribution is 2.50. The van der Waals surface area contributed by atoms with Gasteiger partial charge >= 0.3 is 6.03 Å². The number of carbonyl (C=O) groups excluding carboxylic acids is 1. The Kier molecular flexibility index (Phi) is 4.91. The van der Waals surface area contributed by atoms with Crippen LogP contribution in [0.3, 0.4) is 0 Å². The predicted molar refractivity (Wildman–Crippen MR) is 77.2 cm³/mol. The van der Waals surface area contributed by atoms with Crippen LogP contribution >= 0.6 is 0 Å². The first kappa shape index (κ1) is 15.6. The summed E-state index contributed by atoms with van der Waals surface area (Å²) in [6.07, 6.45) is 3.60. The Morgan fingerprint density at radius 2 is 1.80 bits per heavy atom. The molecule has 1 aliphatic heterocycles. The molecule has 0 spiro atoms. The number of urea groups is 1. The van der Waals surface area contributed by atoms with Crippen LogP contribution in [-0.4, -0.2) is 54.0 Å². The molecule has 0 radical (unpaired) electrons. The minimum atomic E-state index is -0.0468. The van der Waals surface area contributed by atoms with E-state index < -0.39 is 0 Å². The molecule has 0 aromatic heterocycles. The third-order valence-corrected chi connectivity index (χ3v) is 4.75. The van der Waals surface area contributed by atoms with Crippen molar-refractivity contribution in [3.05, 3.63) is 0 Å². The lowest BCUT2D eigenvalue weighted by Crippen LogP contribution is -2.41. The van der Waals surface area contributed by atoms with Gasteiger partial charge in [0.15, 0.2) is 0 Å². The Labute approximate surface area is 121 Å². The molecule has 1 heterocycles. The van der Waals surface area contributed by atoms with Gasteiger partial charge in [-0.3, -0.25) is 0 Å². The Bertz CT molecular complexity index is 330. The van der Waals surface area contributed by atoms with Gasteiger partial charge in [0.1, 0.15) is 0 Å². The number of amides is 2. The lowest BCUT2D eigenvalue weighted by Gasteiger charge is -2.22. The molecule has 1 saturated carbocycles. The molecule has 2 fully saturated rings. The van der Waals surface area contributed by atoms with Crippen molar-refractivity contribution in [2.75, 3.05) is 32.8 Å². The van der Waals surface area contributed by atoms with E-state index in [-0.39, 0.29) is 31.1 Å². The second kappa shape index (κ2) is 6.31. The monoisotopic (exact) mass is 284 g/mol. The zero-order chi connectivity index (χ0) is 14.8. The molecule has 116 valence electrons. The van der Waals surface area contributed by atoms with E-state index in [1.54, 1.807) is 4.90 Å². The number of aliphatic hydroxyl groups is 2. The van der Waals surface area contributed by atoms with Crippen molar-refractivity contribution in [2.45, 2.75) is 33.1 Å². The van der Waals surface area contributed by atoms with E-state index in [0.717, 1.165) is 6.54 Å². The first-order valence-corrected chi connectivity index (χ1v) is 7.74. The molecule has 2 aliphatic rings. The molecule has 1 aliphatic carbocycles. The SMILES string of the molecule is CC(C)CC1(CNC(=O)N2C[C@@H](CO)[C@@H](CO)C2)CC1. The zero-order valence-electron chi connectivity index (χ0n) is 12.6. The highest BCUT2D eigenvalue weighted by Gasteiger charge is 2.43. The predicted octanol–water partition coefficient (Wildman–Crippen LogP) is 1.05. The van der Waals surface area contributed by atoms with Gasteiger partial charge in [-0.05, 0) is 30.6 Å². The molecule has 3 N–H and O–H groups in total. The van der Waals surface area contributed by atoms with E-state index in [1.165, 1.54) is 19.3 Å². The lowest BCUT2D eigenvalue weighted by molar-refractivity contribution is 0.152. The summed E-state index contributed by atoms with van der Waals surface area (Å²) in [7, 11) is 0. The summed E-state index contributed by atoms with van der Waals surface area (Å²) in [6, 6.07) is -0.0468. The summed E-state index contributed by atoms with van der Waals surface area (Å²) in [5.74, 6) is 0.686. The van der Waals surface area contributed by atoms with Crippen LogP contribution in [0.25, 0.3) is 0 Å². The molecule has 0 bridgehead atoms. The van der Waals surface area contributed by atoms with Gasteiger partial charge in [-0.15, -0.1) is 0 Å². The Morgan fingerprint density at radius 3 is 2.20 bits per heavy atom. The van der Waals surface area contributed by atoms with E-state index in [9.17, 15) is 15.0 Å². The van der Waals surface area contributed by atoms with Crippen LogP contribution in [0.4, 0.5) is 4.79 Å². The fourth-order valence-electron chi connectivity index (χ4n) is 3.39. The summed E-state index contributed by atoms with van der Waals surface area (Å²) in [4.78, 5) is 13.9. The van der Waals surface area contributed by atoms with Crippen molar-refractivity contribution < 1.29 is 15.0 Å². The van der Waals surface area contributed by atoms with Crippen LogP contribution in [0.1, 0.15) is 33.1 Å². The smallest absolute Gasteiger partial charge is 0.317 e. The molecule has 2 rings (SSSR count). The maximum Gasteiger partial charge on any atom is 0.317 e. The molecule has 2 amide bonds. The number of likely N-dealkylation sites (tertiary alicyclic amines) is 1. The van der Waals surface area contributed by atoms with E-state index in [2.05, 4.69) is 19.2 Å². The molecule has 2 atom stereocenters. The van der Waals surface area contributed by atoms with Crippen LogP contribution in [0.5, 0.6) is 0 Å². The van der Waals surface area contributed by atoms with Gasteiger partial charge in [0.25, 0.3) is 0 Å². The molecule has 1 saturated heterocycles. The quantitative estimate of drug-likeness (QED) is 0.683. The third-order valence-electron chi connectivity index (χ3n) is 4.75. The molecule has 5 heteroatoms. The number of rotatable bonds is 6. The molecule has 0 aromatic rings. The van der Waals surface area contributed by atoms with Crippen LogP contribution in [0.15, 0.2) is 0 Å². The summed E-state index contributed by atoms with van der Waals surface area (Å²) in [5, 5.41) is 21.6. The average molecular weight is 284 g/mol. The maximum absolute atomic E-state index is 12.2. The van der Waals surface area contributed by atoms with Gasteiger partial charge in [0, 0.05) is 44.7 Å². The van der Waals surface area contributed by atoms with Crippen molar-refractivity contribution in [3.63, 3.8) is 0 Å². The van der Waals surface area contributed by atoms with E-state index in [1.807, 2.05) is 0 Å². The van der Waals surface area contributed by atoms with Crippen molar-refractivity contribution in [2.24, 2.45) is 23.2 Å². The van der Waals surface area contributed by atoms with Gasteiger partial charge in [0.05, 0.1) is 0 Å². The number of hydrogen-bond acceptors (Lipinski definition) is 3. The summed E-state index contributed by atoms with van der Waals surface area (Å²) in [5.41, 5.74) is 0.330. The van der Waals surface area contributed by atoms with E-state index in [4.69, 9.17) is 0 Å². The largest absolute Gasteiger partial charge is 0.396 e. The van der Waals surface area contributed by atoms with Gasteiger partial charge in [-0.1, -0.05) is 13.8 Å². The Balaban J connectivity index is 1.78. The van der Waals surface area contributed by atoms with Crippen molar-refractivity contribution in [1.82, 2.24) is 10.2 Å². The standard InChI is InChI=1S/C15H28N2O3/c1-11(2)5-15(3-4-15)10-16-14(20)17-6-12(8-18)13(7-17)9-19/h11-13,18-19H,3-10H2,1-2H3,(H,16,20)/t12-,13+. The minimum absolute atomic E-state index is 0.0105. The van der Waals surface area contributed by atoms with Crippen LogP contribution < -0.4 is 5.32 Å². The average Bonchev–Trinajstić information content (AvgIpc) is 3.03. The second-order valence-corrected chi connectivity index (χ2v) is 7.05. The molecule has 0 aromatic carbocycles. The number of carbonyl (C=O) groups is 1. The van der Waals surface area contributed by atoms with Crippen LogP contribution in [0, 0.1) is 23.2 Å². The molecule has 0 unspecified atom stereocenters. The topological polar surface area (TPSA) is 72.8 Å². The molecular formula is C15H28N2O3. The molecule has 20 heavy (non-hydrogen) atoms. The van der Waals surface area contributed by atoms with Crippen LogP contribution in [-0.2, 0) is 0 Å². The normalized spacial score (nSPS) is 27.9. The summed E-state index contributed by atoms with van der Waals surface area (Å²) >= 11 is 0. The summed E-state index contributed by atoms with van der Waals surface area (Å²) in [6.45, 7) is 6.36. The van der Waals surface area contributed by atoms with Gasteiger partial charge in [-0.25, -0.2) is 4.79 Å². The fourth-order valence-corrected chi connectivity index (χ4v) is 3.39. The number of nitrogens with one attached hydrogen (secondary N) is 1. The minimum Gasteiger partial charge on any atom is -0.396 e. The van der Waals surface area contributed by atoms with Crippen LogP contribution in [0.2, 0.25) is 0 Å². The van der Waals surface area contributed by atoms with Crippen molar-refractivity contribution in [3.8, 4) is 0 Å². The number of aliphatic hydroxyl groups excluding tert-OH is 2. The highest BCUT2D eigenvalue weighted by molar-refractivity contribution is 5.74. The van der Waals surface area contributed by atoms with E-state index >= 15 is 0 Å². The number of nitrogens with zero attached hydrogens (tertiary/aromatic N) is 1. The van der Waals surface area contributed by atoms with Gasteiger partial charge < -0.3 is 20.4 Å². The maximum atomic E-state index is 12.2. The second-order valence-electron chi connectivity index (χ2n) is 7.05. The summed E-state index contributed by atoms with van der Waals surface area (Å²) < 4.78 is 0. The molecule has 5 nitrogen and oxygen atoms in total. The lowest BCUT2D eigenvalue weighted by atomic mass is 9.94. The first-order valence-electron chi connectivity index (χ1n) is 7.74. The Hall–Kier alpha value is -0.810. The Morgan fingerprint density at radius 1 is 1.25 bits per heavy atom. The van der Waals surface area contributed by atoms with Gasteiger partial charge in [0.2, 0.25) is 0 Å². The van der Waals surface area contributed by atoms with Crippen molar-refractivity contribution in [1.29, 1.82) is 0 Å².